The second-order valence-electron chi connectivity index (χ2n) is 16.3. The number of rotatable bonds is 20. The Balaban J connectivity index is 1.29. The smallest absolute Gasteiger partial charge is 0.231 e. The summed E-state index contributed by atoms with van der Waals surface area (Å²) in [6, 6.07) is 36.2. The van der Waals surface area contributed by atoms with E-state index in [4.69, 9.17) is 28.9 Å². The van der Waals surface area contributed by atoms with Crippen molar-refractivity contribution in [2.45, 2.75) is 73.4 Å². The van der Waals surface area contributed by atoms with Crippen molar-refractivity contribution in [1.29, 1.82) is 0 Å². The van der Waals surface area contributed by atoms with E-state index in [-0.39, 0.29) is 48.7 Å². The summed E-state index contributed by atoms with van der Waals surface area (Å²) in [5.41, 5.74) is 4.34. The molecule has 1 heterocycles. The Morgan fingerprint density at radius 1 is 0.871 bits per heavy atom. The second-order valence-corrected chi connectivity index (χ2v) is 17.5. The lowest BCUT2D eigenvalue weighted by atomic mass is 9.56. The summed E-state index contributed by atoms with van der Waals surface area (Å²) in [6.45, 7) is 4.92. The van der Waals surface area contributed by atoms with Crippen molar-refractivity contribution in [3.63, 3.8) is 0 Å². The van der Waals surface area contributed by atoms with Gasteiger partial charge in [0.05, 0.1) is 36.2 Å². The minimum absolute atomic E-state index is 0.117. The summed E-state index contributed by atoms with van der Waals surface area (Å²) in [7, 11) is 1.54. The van der Waals surface area contributed by atoms with E-state index in [1.165, 1.54) is 12.5 Å². The van der Waals surface area contributed by atoms with Gasteiger partial charge in [0.25, 0.3) is 0 Å². The van der Waals surface area contributed by atoms with E-state index in [9.17, 15) is 15.0 Å². The van der Waals surface area contributed by atoms with Crippen LogP contribution in [0.25, 0.3) is 10.8 Å². The molecule has 10 heteroatoms. The summed E-state index contributed by atoms with van der Waals surface area (Å²) in [5.74, 6) is 0.981. The zero-order valence-corrected chi connectivity index (χ0v) is 36.0. The van der Waals surface area contributed by atoms with Crippen molar-refractivity contribution in [3.05, 3.63) is 150 Å². The Kier molecular flexibility index (Phi) is 14.1. The minimum Gasteiger partial charge on any atom is -0.496 e. The first kappa shape index (κ1) is 43.3. The average molecular weight is 854 g/mol. The third-order valence-corrected chi connectivity index (χ3v) is 13.7. The van der Waals surface area contributed by atoms with Crippen molar-refractivity contribution >= 4 is 34.5 Å². The van der Waals surface area contributed by atoms with Gasteiger partial charge >= 0.3 is 0 Å². The van der Waals surface area contributed by atoms with Crippen LogP contribution in [0.4, 0.5) is 0 Å². The third-order valence-electron chi connectivity index (χ3n) is 12.4. The molecule has 2 N–H and O–H groups in total. The third kappa shape index (κ3) is 9.20. The molecule has 8 rings (SSSR count). The van der Waals surface area contributed by atoms with Crippen LogP contribution < -0.4 is 14.2 Å². The number of unbranched alkanes of at least 4 members (excludes halogenated alkanes) is 2. The topological polar surface area (TPSA) is 116 Å². The number of hydrogen-bond donors (Lipinski definition) is 2. The molecule has 322 valence electrons. The van der Waals surface area contributed by atoms with Crippen LogP contribution in [0, 0.1) is 17.8 Å². The number of allylic oxidation sites excluding steroid dienone is 1. The lowest BCUT2D eigenvalue weighted by Crippen LogP contribution is -2.64. The molecule has 0 saturated heterocycles. The van der Waals surface area contributed by atoms with E-state index in [1.807, 2.05) is 42.5 Å². The van der Waals surface area contributed by atoms with E-state index in [0.717, 1.165) is 70.4 Å². The molecule has 0 radical (unpaired) electrons. The summed E-state index contributed by atoms with van der Waals surface area (Å²) in [4.78, 5) is 19.3. The van der Waals surface area contributed by atoms with Gasteiger partial charge in [-0.25, -0.2) is 0 Å². The summed E-state index contributed by atoms with van der Waals surface area (Å²) >= 11 is 1.74. The number of thioether (sulfide) groups is 1. The van der Waals surface area contributed by atoms with Gasteiger partial charge in [-0.05, 0) is 108 Å². The fourth-order valence-electron chi connectivity index (χ4n) is 9.66. The van der Waals surface area contributed by atoms with Crippen LogP contribution >= 0.6 is 11.8 Å². The number of aldehydes is 1. The van der Waals surface area contributed by atoms with Gasteiger partial charge in [-0.3, -0.25) is 4.79 Å². The average Bonchev–Trinajstić information content (AvgIpc) is 3.30. The van der Waals surface area contributed by atoms with Crippen molar-refractivity contribution < 1.29 is 38.8 Å². The number of ether oxygens (including phenoxy) is 4. The number of nitrogens with zero attached hydrogens (tertiary/aromatic N) is 1. The number of fused-ring (bicyclic) bond motifs is 3. The predicted molar refractivity (Wildman–Crippen MR) is 244 cm³/mol. The zero-order valence-electron chi connectivity index (χ0n) is 35.2. The quantitative estimate of drug-likeness (QED) is 0.0342. The zero-order chi connectivity index (χ0) is 42.9. The normalized spacial score (nSPS) is 23.1. The molecule has 1 fully saturated rings. The van der Waals surface area contributed by atoms with Crippen molar-refractivity contribution in [2.75, 3.05) is 26.9 Å². The summed E-state index contributed by atoms with van der Waals surface area (Å²) in [5, 5.41) is 27.0. The molecule has 3 aliphatic rings. The molecule has 0 bridgehead atoms. The lowest BCUT2D eigenvalue weighted by Gasteiger charge is -2.58. The molecular weight excluding hydrogens is 799 g/mol. The standard InChI is InChI=1S/C52H55NO8S/c1-3-27-58-52-49(62-42-22-19-36-15-7-8-16-37(36)29-42)32-46(53-59-34-35-13-5-4-6-14-35)44-30-38(17-9-11-25-54)43(18-10-12-26-55)50(51(44)52)45-31-41(21-24-48(45)61-52)60-40-20-23-47(57-2)39(28-40)33-56/h3-8,13-16,19-24,28-31,33,38,43,49-51,54-55H,1,9-12,17-18,25-27,32,34H2,2H3/t38-,43+,49-,50+,51+,52+/m0/s1. The molecule has 1 aliphatic heterocycles. The summed E-state index contributed by atoms with van der Waals surface area (Å²) < 4.78 is 26.5. The van der Waals surface area contributed by atoms with Gasteiger partial charge in [-0.15, -0.1) is 18.3 Å². The van der Waals surface area contributed by atoms with E-state index in [0.29, 0.717) is 48.7 Å². The number of aliphatic hydroxyl groups is 2. The highest BCUT2D eigenvalue weighted by Gasteiger charge is 2.64. The summed E-state index contributed by atoms with van der Waals surface area (Å²) in [6.07, 6.45) is 10.3. The molecule has 5 aromatic rings. The van der Waals surface area contributed by atoms with Crippen LogP contribution in [0.3, 0.4) is 0 Å². The number of carbonyl (C=O) groups is 1. The Labute approximate surface area is 368 Å². The monoisotopic (exact) mass is 853 g/mol. The molecule has 1 saturated carbocycles. The van der Waals surface area contributed by atoms with Crippen LogP contribution in [0.1, 0.15) is 72.3 Å². The van der Waals surface area contributed by atoms with Crippen molar-refractivity contribution in [3.8, 4) is 23.0 Å². The maximum Gasteiger partial charge on any atom is 0.231 e. The van der Waals surface area contributed by atoms with Gasteiger partial charge in [0, 0.05) is 36.0 Å². The van der Waals surface area contributed by atoms with Crippen molar-refractivity contribution in [2.24, 2.45) is 22.9 Å². The number of aliphatic hydroxyl groups excluding tert-OH is 2. The number of hydrogen-bond acceptors (Lipinski definition) is 10. The van der Waals surface area contributed by atoms with Gasteiger partial charge in [0.2, 0.25) is 5.79 Å². The number of methoxy groups -OCH3 is 1. The van der Waals surface area contributed by atoms with Gasteiger partial charge in [0.1, 0.15) is 29.6 Å². The molecule has 0 amide bonds. The van der Waals surface area contributed by atoms with E-state index >= 15 is 0 Å². The van der Waals surface area contributed by atoms with Crippen molar-refractivity contribution in [1.82, 2.24) is 0 Å². The van der Waals surface area contributed by atoms with Gasteiger partial charge in [0.15, 0.2) is 6.29 Å². The first-order valence-corrected chi connectivity index (χ1v) is 22.6. The molecule has 5 aromatic carbocycles. The van der Waals surface area contributed by atoms with Crippen LogP contribution in [0.5, 0.6) is 23.0 Å². The minimum atomic E-state index is -1.14. The van der Waals surface area contributed by atoms with E-state index < -0.39 is 5.79 Å². The number of oxime groups is 1. The highest BCUT2D eigenvalue weighted by atomic mass is 32.2. The molecule has 6 atom stereocenters. The van der Waals surface area contributed by atoms with Gasteiger partial charge in [-0.1, -0.05) is 90.8 Å². The molecule has 0 unspecified atom stereocenters. The van der Waals surface area contributed by atoms with Crippen LogP contribution in [0.2, 0.25) is 0 Å². The maximum absolute atomic E-state index is 11.9. The Morgan fingerprint density at radius 2 is 1.63 bits per heavy atom. The first-order chi connectivity index (χ1) is 30.5. The molecular formula is C52H55NO8S. The van der Waals surface area contributed by atoms with E-state index in [1.54, 1.807) is 36.0 Å². The molecule has 62 heavy (non-hydrogen) atoms. The Hall–Kier alpha value is -5.39. The largest absolute Gasteiger partial charge is 0.496 e. The predicted octanol–water partition coefficient (Wildman–Crippen LogP) is 11.1. The molecule has 9 nitrogen and oxygen atoms in total. The van der Waals surface area contributed by atoms with Gasteiger partial charge in [-0.2, -0.15) is 0 Å². The number of carbonyl (C=O) groups excluding carboxylic acids is 1. The number of benzene rings is 5. The highest BCUT2D eigenvalue weighted by molar-refractivity contribution is 8.00. The fraction of sp³-hybridized carbons (Fsp3) is 0.346. The molecule has 0 spiro atoms. The Morgan fingerprint density at radius 3 is 2.40 bits per heavy atom. The fourth-order valence-corrected chi connectivity index (χ4v) is 11.0. The SMILES string of the molecule is C=CCO[C@@]12Oc3ccc(Oc4ccc(OC)c(C=O)c4)cc3[C@H]3[C@H](CCCCO)[C@@H](CCCCO)C=C(C(=NOCc4ccccc4)C[C@@H]1Sc1ccc4ccccc4c1)[C@H]32. The highest BCUT2D eigenvalue weighted by Crippen LogP contribution is 2.63. The van der Waals surface area contributed by atoms with Gasteiger partial charge < -0.3 is 34.0 Å². The van der Waals surface area contributed by atoms with E-state index in [2.05, 4.69) is 61.2 Å². The molecule has 0 aromatic heterocycles. The maximum atomic E-state index is 11.9. The second kappa shape index (κ2) is 20.2. The molecule has 2 aliphatic carbocycles. The van der Waals surface area contributed by atoms with Crippen LogP contribution in [0.15, 0.2) is 144 Å². The lowest BCUT2D eigenvalue weighted by molar-refractivity contribution is -0.223. The van der Waals surface area contributed by atoms with Crippen LogP contribution in [-0.2, 0) is 16.2 Å². The van der Waals surface area contributed by atoms with Crippen LogP contribution in [-0.4, -0.2) is 60.2 Å². The Bertz CT molecular complexity index is 2400. The first-order valence-electron chi connectivity index (χ1n) is 21.7.